The molecule has 7 nitrogen and oxygen atoms in total. The number of para-hydroxylation sites is 3. The van der Waals surface area contributed by atoms with Crippen molar-refractivity contribution in [1.29, 1.82) is 0 Å². The number of carbonyl (C=O) groups is 2. The van der Waals surface area contributed by atoms with Gasteiger partial charge in [0.15, 0.2) is 0 Å². The molecule has 2 aromatic rings. The minimum Gasteiger partial charge on any atom is -0.433 e. The average molecular weight is 393 g/mol. The van der Waals surface area contributed by atoms with Crippen molar-refractivity contribution in [2.45, 2.75) is 6.61 Å². The molecule has 0 fully saturated rings. The third-order valence-electron chi connectivity index (χ3n) is 3.58. The van der Waals surface area contributed by atoms with Crippen LogP contribution in [0.3, 0.4) is 0 Å². The van der Waals surface area contributed by atoms with Crippen LogP contribution in [-0.4, -0.2) is 45.2 Å². The molecule has 0 bridgehead atoms. The SMILES string of the molecule is COCCNC(=O)c1ccccc1NCC(=O)Nc1ccccc1OC(F)F. The fraction of sp³-hybridized carbons (Fsp3) is 0.263. The summed E-state index contributed by atoms with van der Waals surface area (Å²) in [7, 11) is 1.53. The summed E-state index contributed by atoms with van der Waals surface area (Å²) >= 11 is 0. The predicted octanol–water partition coefficient (Wildman–Crippen LogP) is 2.71. The predicted molar refractivity (Wildman–Crippen MR) is 101 cm³/mol. The molecule has 0 aliphatic rings. The summed E-state index contributed by atoms with van der Waals surface area (Å²) in [5, 5.41) is 8.07. The van der Waals surface area contributed by atoms with Crippen LogP contribution in [0, 0.1) is 0 Å². The molecule has 0 radical (unpaired) electrons. The van der Waals surface area contributed by atoms with E-state index in [1.165, 1.54) is 25.3 Å². The Labute approximate surface area is 161 Å². The normalized spacial score (nSPS) is 10.4. The van der Waals surface area contributed by atoms with Crippen LogP contribution in [0.25, 0.3) is 0 Å². The lowest BCUT2D eigenvalue weighted by molar-refractivity contribution is -0.114. The summed E-state index contributed by atoms with van der Waals surface area (Å²) in [6.45, 7) is -2.44. The summed E-state index contributed by atoms with van der Waals surface area (Å²) in [6, 6.07) is 12.6. The smallest absolute Gasteiger partial charge is 0.387 e. The summed E-state index contributed by atoms with van der Waals surface area (Å²) in [6.07, 6.45) is 0. The van der Waals surface area contributed by atoms with Crippen LogP contribution in [0.2, 0.25) is 0 Å². The first kappa shape index (κ1) is 21.1. The summed E-state index contributed by atoms with van der Waals surface area (Å²) in [5.41, 5.74) is 0.956. The lowest BCUT2D eigenvalue weighted by atomic mass is 10.1. The Morgan fingerprint density at radius 2 is 1.71 bits per heavy atom. The van der Waals surface area contributed by atoms with Gasteiger partial charge in [0.25, 0.3) is 5.91 Å². The molecule has 2 aromatic carbocycles. The number of anilines is 2. The Bertz CT molecular complexity index is 802. The average Bonchev–Trinajstić information content (AvgIpc) is 2.68. The molecule has 2 amide bonds. The molecule has 28 heavy (non-hydrogen) atoms. The first-order chi connectivity index (χ1) is 13.5. The number of carbonyl (C=O) groups excluding carboxylic acids is 2. The van der Waals surface area contributed by atoms with E-state index < -0.39 is 12.5 Å². The van der Waals surface area contributed by atoms with E-state index in [2.05, 4.69) is 20.7 Å². The molecule has 2 rings (SSSR count). The zero-order valence-corrected chi connectivity index (χ0v) is 15.2. The number of methoxy groups -OCH3 is 1. The van der Waals surface area contributed by atoms with Crippen molar-refractivity contribution in [2.24, 2.45) is 0 Å². The van der Waals surface area contributed by atoms with Crippen LogP contribution >= 0.6 is 0 Å². The van der Waals surface area contributed by atoms with Crippen LogP contribution in [0.1, 0.15) is 10.4 Å². The molecular weight excluding hydrogens is 372 g/mol. The number of alkyl halides is 2. The van der Waals surface area contributed by atoms with Gasteiger partial charge in [-0.1, -0.05) is 24.3 Å². The van der Waals surface area contributed by atoms with Crippen LogP contribution < -0.4 is 20.7 Å². The third-order valence-corrected chi connectivity index (χ3v) is 3.58. The van der Waals surface area contributed by atoms with E-state index in [0.717, 1.165) is 0 Å². The Kier molecular flexibility index (Phi) is 8.16. The van der Waals surface area contributed by atoms with Crippen molar-refractivity contribution < 1.29 is 27.8 Å². The Morgan fingerprint density at radius 3 is 2.43 bits per heavy atom. The number of hydrogen-bond acceptors (Lipinski definition) is 5. The number of ether oxygens (including phenoxy) is 2. The quantitative estimate of drug-likeness (QED) is 0.540. The number of nitrogens with one attached hydrogen (secondary N) is 3. The number of rotatable bonds is 10. The largest absolute Gasteiger partial charge is 0.433 e. The van der Waals surface area contributed by atoms with E-state index in [9.17, 15) is 18.4 Å². The summed E-state index contributed by atoms with van der Waals surface area (Å²) < 4.78 is 34.2. The highest BCUT2D eigenvalue weighted by Gasteiger charge is 2.13. The van der Waals surface area contributed by atoms with Crippen LogP contribution in [0.5, 0.6) is 5.75 Å². The molecule has 150 valence electrons. The molecule has 0 aliphatic heterocycles. The molecule has 0 saturated heterocycles. The van der Waals surface area contributed by atoms with Gasteiger partial charge in [-0.15, -0.1) is 0 Å². The van der Waals surface area contributed by atoms with Crippen molar-refractivity contribution in [3.8, 4) is 5.75 Å². The van der Waals surface area contributed by atoms with Crippen molar-refractivity contribution >= 4 is 23.2 Å². The summed E-state index contributed by atoms with van der Waals surface area (Å²) in [5.74, 6) is -0.931. The van der Waals surface area contributed by atoms with Crippen molar-refractivity contribution in [1.82, 2.24) is 5.32 Å². The van der Waals surface area contributed by atoms with Gasteiger partial charge in [-0.2, -0.15) is 8.78 Å². The van der Waals surface area contributed by atoms with Crippen molar-refractivity contribution in [3.05, 3.63) is 54.1 Å². The maximum Gasteiger partial charge on any atom is 0.387 e. The Morgan fingerprint density at radius 1 is 1.04 bits per heavy atom. The van der Waals surface area contributed by atoms with Crippen LogP contribution in [0.4, 0.5) is 20.2 Å². The van der Waals surface area contributed by atoms with E-state index in [0.29, 0.717) is 24.4 Å². The van der Waals surface area contributed by atoms with Crippen LogP contribution in [-0.2, 0) is 9.53 Å². The van der Waals surface area contributed by atoms with E-state index in [1.54, 1.807) is 30.3 Å². The second-order valence-electron chi connectivity index (χ2n) is 5.57. The molecule has 0 heterocycles. The topological polar surface area (TPSA) is 88.7 Å². The van der Waals surface area contributed by atoms with Crippen LogP contribution in [0.15, 0.2) is 48.5 Å². The first-order valence-electron chi connectivity index (χ1n) is 8.45. The maximum atomic E-state index is 12.4. The van der Waals surface area contributed by atoms with E-state index in [4.69, 9.17) is 4.74 Å². The van der Waals surface area contributed by atoms with Gasteiger partial charge in [0, 0.05) is 19.3 Å². The van der Waals surface area contributed by atoms with E-state index in [-0.39, 0.29) is 23.9 Å². The van der Waals surface area contributed by atoms with Gasteiger partial charge in [0.2, 0.25) is 5.91 Å². The molecule has 9 heteroatoms. The molecule has 0 spiro atoms. The first-order valence-corrected chi connectivity index (χ1v) is 8.45. The fourth-order valence-electron chi connectivity index (χ4n) is 2.34. The highest BCUT2D eigenvalue weighted by Crippen LogP contribution is 2.25. The molecule has 3 N–H and O–H groups in total. The number of halogens is 2. The third kappa shape index (κ3) is 6.51. The zero-order valence-electron chi connectivity index (χ0n) is 15.2. The standard InChI is InChI=1S/C19H21F2N3O4/c1-27-11-10-22-18(26)13-6-2-3-7-14(13)23-12-17(25)24-15-8-4-5-9-16(15)28-19(20)21/h2-9,19,23H,10-12H2,1H3,(H,22,26)(H,24,25). The van der Waals surface area contributed by atoms with E-state index >= 15 is 0 Å². The molecule has 0 saturated carbocycles. The lowest BCUT2D eigenvalue weighted by Gasteiger charge is -2.14. The van der Waals surface area contributed by atoms with Gasteiger partial charge in [0.05, 0.1) is 24.4 Å². The lowest BCUT2D eigenvalue weighted by Crippen LogP contribution is -2.28. The van der Waals surface area contributed by atoms with Gasteiger partial charge in [0.1, 0.15) is 5.75 Å². The molecule has 0 atom stereocenters. The van der Waals surface area contributed by atoms with Gasteiger partial charge in [-0.3, -0.25) is 9.59 Å². The minimum absolute atomic E-state index is 0.125. The van der Waals surface area contributed by atoms with Gasteiger partial charge < -0.3 is 25.4 Å². The number of hydrogen-bond donors (Lipinski definition) is 3. The number of benzene rings is 2. The molecule has 0 aromatic heterocycles. The van der Waals surface area contributed by atoms with E-state index in [1.807, 2.05) is 0 Å². The van der Waals surface area contributed by atoms with Crippen molar-refractivity contribution in [3.63, 3.8) is 0 Å². The number of amides is 2. The monoisotopic (exact) mass is 393 g/mol. The van der Waals surface area contributed by atoms with Gasteiger partial charge in [-0.25, -0.2) is 0 Å². The highest BCUT2D eigenvalue weighted by molar-refractivity contribution is 6.01. The summed E-state index contributed by atoms with van der Waals surface area (Å²) in [4.78, 5) is 24.4. The molecule has 0 aliphatic carbocycles. The minimum atomic E-state index is -3.00. The molecular formula is C19H21F2N3O4. The zero-order chi connectivity index (χ0) is 20.4. The Hall–Kier alpha value is -3.20. The van der Waals surface area contributed by atoms with Gasteiger partial charge in [-0.05, 0) is 24.3 Å². The Balaban J connectivity index is 1.98. The van der Waals surface area contributed by atoms with Crippen molar-refractivity contribution in [2.75, 3.05) is 37.4 Å². The van der Waals surface area contributed by atoms with Gasteiger partial charge >= 0.3 is 6.61 Å². The second kappa shape index (κ2) is 10.8. The maximum absolute atomic E-state index is 12.4. The fourth-order valence-corrected chi connectivity index (χ4v) is 2.34. The second-order valence-corrected chi connectivity index (χ2v) is 5.57. The highest BCUT2D eigenvalue weighted by atomic mass is 19.3. The molecule has 0 unspecified atom stereocenters.